The fourth-order valence-electron chi connectivity index (χ4n) is 13.2. The summed E-state index contributed by atoms with van der Waals surface area (Å²) in [6.07, 6.45) is 71.1. The molecule has 1 saturated heterocycles. The van der Waals surface area contributed by atoms with Gasteiger partial charge in [-0.05, 0) is 109 Å². The van der Waals surface area contributed by atoms with E-state index in [4.69, 9.17) is 4.74 Å². The van der Waals surface area contributed by atoms with Crippen LogP contribution in [-0.2, 0) is 9.53 Å². The lowest BCUT2D eigenvalue weighted by atomic mass is 10.0. The van der Waals surface area contributed by atoms with E-state index >= 15 is 0 Å². The van der Waals surface area contributed by atoms with E-state index in [-0.39, 0.29) is 18.2 Å². The highest BCUT2D eigenvalue weighted by Crippen LogP contribution is 2.24. The number of carbonyl (C=O) groups is 1. The third-order valence-corrected chi connectivity index (χ3v) is 21.7. The van der Waals surface area contributed by atoms with Gasteiger partial charge in [-0.15, -0.1) is 0 Å². The molecule has 4 N–H and O–H groups in total. The second-order valence-electron chi connectivity index (χ2n) is 28.5. The number of aliphatic hydroxyl groups excluding tert-OH is 4. The van der Waals surface area contributed by atoms with Crippen molar-refractivity contribution in [2.45, 2.75) is 386 Å². The van der Waals surface area contributed by atoms with Gasteiger partial charge in [0.1, 0.15) is 6.61 Å². The number of piperazine rings is 1. The molecular formula is C80H158N4O6S2. The topological polar surface area (TPSA) is 120 Å². The molecule has 0 saturated carbocycles. The lowest BCUT2D eigenvalue weighted by molar-refractivity contribution is -0.144. The van der Waals surface area contributed by atoms with Gasteiger partial charge in [0, 0.05) is 83.4 Å². The molecule has 4 atom stereocenters. The Labute approximate surface area is 580 Å². The minimum absolute atomic E-state index is 0.141. The summed E-state index contributed by atoms with van der Waals surface area (Å²) in [5, 5.41) is 44.6. The van der Waals surface area contributed by atoms with Crippen molar-refractivity contribution in [2.75, 3.05) is 96.6 Å². The van der Waals surface area contributed by atoms with Gasteiger partial charge in [-0.1, -0.05) is 305 Å². The van der Waals surface area contributed by atoms with E-state index in [1.54, 1.807) is 0 Å². The average Bonchev–Trinajstić information content (AvgIpc) is 3.01. The number of ether oxygens (including phenoxy) is 1. The maximum absolute atomic E-state index is 12.9. The van der Waals surface area contributed by atoms with Crippen LogP contribution in [0.3, 0.4) is 0 Å². The van der Waals surface area contributed by atoms with Crippen LogP contribution in [0.4, 0.5) is 0 Å². The van der Waals surface area contributed by atoms with Gasteiger partial charge in [0.2, 0.25) is 0 Å². The highest BCUT2D eigenvalue weighted by Gasteiger charge is 2.20. The molecular weight excluding hydrogens is 1180 g/mol. The number of rotatable bonds is 74. The predicted molar refractivity (Wildman–Crippen MR) is 407 cm³/mol. The van der Waals surface area contributed by atoms with Gasteiger partial charge in [0.05, 0.1) is 24.4 Å². The molecule has 12 heteroatoms. The van der Waals surface area contributed by atoms with Gasteiger partial charge < -0.3 is 25.2 Å². The molecule has 1 fully saturated rings. The van der Waals surface area contributed by atoms with Crippen LogP contribution in [0, 0.1) is 0 Å². The molecule has 0 aromatic heterocycles. The predicted octanol–water partition coefficient (Wildman–Crippen LogP) is 21.1. The molecule has 0 spiro atoms. The van der Waals surface area contributed by atoms with E-state index in [1.165, 1.54) is 257 Å². The highest BCUT2D eigenvalue weighted by atomic mass is 33.1. The summed E-state index contributed by atoms with van der Waals surface area (Å²) < 4.78 is 5.76. The van der Waals surface area contributed by atoms with Crippen molar-refractivity contribution in [2.24, 2.45) is 0 Å². The van der Waals surface area contributed by atoms with Gasteiger partial charge in [-0.2, -0.15) is 0 Å². The summed E-state index contributed by atoms with van der Waals surface area (Å²) in [4.78, 5) is 22.5. The van der Waals surface area contributed by atoms with Crippen molar-refractivity contribution in [3.8, 4) is 0 Å². The Kier molecular flexibility index (Phi) is 69.5. The van der Waals surface area contributed by atoms with E-state index in [0.29, 0.717) is 52.2 Å². The maximum Gasteiger partial charge on any atom is 0.305 e. The Hall–Kier alpha value is -0.670. The number of carbonyl (C=O) groups excluding carboxylic acids is 1. The Morgan fingerprint density at radius 3 is 0.978 bits per heavy atom. The van der Waals surface area contributed by atoms with Crippen LogP contribution in [0.5, 0.6) is 0 Å². The van der Waals surface area contributed by atoms with Gasteiger partial charge in [0.15, 0.2) is 0 Å². The molecule has 1 rings (SSSR count). The Balaban J connectivity index is 2.41. The molecule has 1 heterocycles. The second-order valence-corrected chi connectivity index (χ2v) is 31.2. The first kappa shape index (κ1) is 89.3. The molecule has 10 nitrogen and oxygen atoms in total. The van der Waals surface area contributed by atoms with Crippen LogP contribution in [-0.4, -0.2) is 167 Å². The molecule has 0 amide bonds. The zero-order chi connectivity index (χ0) is 66.5. The monoisotopic (exact) mass is 1340 g/mol. The molecule has 0 bridgehead atoms. The molecule has 0 aliphatic carbocycles. The highest BCUT2D eigenvalue weighted by molar-refractivity contribution is 8.76. The molecule has 0 aromatic rings. The van der Waals surface area contributed by atoms with Gasteiger partial charge >= 0.3 is 5.97 Å². The van der Waals surface area contributed by atoms with Crippen molar-refractivity contribution < 1.29 is 30.0 Å². The van der Waals surface area contributed by atoms with E-state index in [1.807, 2.05) is 21.6 Å². The average molecular weight is 1340 g/mol. The number of hydrogen-bond acceptors (Lipinski definition) is 12. The quantitative estimate of drug-likeness (QED) is 0.0201. The summed E-state index contributed by atoms with van der Waals surface area (Å²) in [7, 11) is 3.99. The number of nitrogens with zero attached hydrogens (tertiary/aromatic N) is 4. The van der Waals surface area contributed by atoms with Crippen molar-refractivity contribution in [3.05, 3.63) is 24.3 Å². The smallest absolute Gasteiger partial charge is 0.305 e. The van der Waals surface area contributed by atoms with Crippen LogP contribution >= 0.6 is 21.6 Å². The lowest BCUT2D eigenvalue weighted by Gasteiger charge is -2.34. The van der Waals surface area contributed by atoms with Crippen molar-refractivity contribution in [1.82, 2.24) is 19.6 Å². The molecule has 0 radical (unpaired) electrons. The number of hydrogen-bond donors (Lipinski definition) is 4. The lowest BCUT2D eigenvalue weighted by Crippen LogP contribution is -2.47. The van der Waals surface area contributed by atoms with Crippen LogP contribution in [0.2, 0.25) is 0 Å². The van der Waals surface area contributed by atoms with Crippen LogP contribution in [0.1, 0.15) is 362 Å². The molecule has 0 aromatic carbocycles. The first-order chi connectivity index (χ1) is 45.2. The first-order valence-corrected chi connectivity index (χ1v) is 43.0. The largest absolute Gasteiger partial charge is 0.464 e. The number of aliphatic hydroxyl groups is 4. The van der Waals surface area contributed by atoms with Gasteiger partial charge in [-0.3, -0.25) is 24.4 Å². The first-order valence-electron chi connectivity index (χ1n) is 40.5. The SMILES string of the molecule is CCCCCCCC/C=C\CCCCCCC(O)CN(CCCCSSCCN1CCN(CCOC(=O)CCCN(CC(O)CCCCCCCCCCCC)CC(O)CCCCCCCCCCCC)CC1)CC(O)CCCCCC/C=C\CCCCCCCC. The number of unbranched alkanes of at least 4 members (excludes halogenated alkanes) is 39. The zero-order valence-electron chi connectivity index (χ0n) is 61.7. The fraction of sp³-hybridized carbons (Fsp3) is 0.938. The van der Waals surface area contributed by atoms with Gasteiger partial charge in [-0.25, -0.2) is 0 Å². The molecule has 92 heavy (non-hydrogen) atoms. The van der Waals surface area contributed by atoms with E-state index in [9.17, 15) is 25.2 Å². The molecule has 1 aliphatic heterocycles. The van der Waals surface area contributed by atoms with Crippen molar-refractivity contribution in [3.63, 3.8) is 0 Å². The Bertz CT molecular complexity index is 1460. The van der Waals surface area contributed by atoms with E-state index < -0.39 is 12.2 Å². The summed E-state index contributed by atoms with van der Waals surface area (Å²) in [6.45, 7) is 19.6. The normalized spacial score (nSPS) is 14.9. The minimum atomic E-state index is -0.407. The number of allylic oxidation sites excluding steroid dienone is 4. The number of esters is 1. The summed E-state index contributed by atoms with van der Waals surface area (Å²) >= 11 is 0. The Morgan fingerprint density at radius 1 is 0.359 bits per heavy atom. The third-order valence-electron chi connectivity index (χ3n) is 19.3. The zero-order valence-corrected chi connectivity index (χ0v) is 63.3. The Morgan fingerprint density at radius 2 is 0.641 bits per heavy atom. The molecule has 546 valence electrons. The summed E-state index contributed by atoms with van der Waals surface area (Å²) in [6, 6.07) is 0. The van der Waals surface area contributed by atoms with Crippen LogP contribution in [0.15, 0.2) is 24.3 Å². The summed E-state index contributed by atoms with van der Waals surface area (Å²) in [5.41, 5.74) is 0. The molecule has 1 aliphatic rings. The van der Waals surface area contributed by atoms with Crippen LogP contribution < -0.4 is 0 Å². The second kappa shape index (κ2) is 71.6. The standard InChI is InChI=1S/C80H158N4O6S2/c1-5-9-13-17-21-25-29-31-33-35-39-43-47-49-56-76(85)72-83(73-77(86)57-50-48-44-40-36-34-32-30-26-22-18-14-10-6-2)61-53-54-70-91-92-71-68-82-65-63-81(64-66-82)67-69-90-80(89)60-55-62-84(74-78(87)58-51-45-41-37-27-23-19-15-11-7-3)75-79(88)59-52-46-42-38-28-24-20-16-12-8-4/h31-34,76-79,85-88H,5-30,35-75H2,1-4H3/b33-31-,34-32-. The third kappa shape index (κ3) is 64.0. The van der Waals surface area contributed by atoms with Gasteiger partial charge in [0.25, 0.3) is 0 Å². The fourth-order valence-corrected chi connectivity index (χ4v) is 15.4. The van der Waals surface area contributed by atoms with Crippen molar-refractivity contribution in [1.29, 1.82) is 0 Å². The van der Waals surface area contributed by atoms with Crippen LogP contribution in [0.25, 0.3) is 0 Å². The van der Waals surface area contributed by atoms with E-state index in [2.05, 4.69) is 71.6 Å². The summed E-state index contributed by atoms with van der Waals surface area (Å²) in [5.74, 6) is 2.10. The molecule has 4 unspecified atom stereocenters. The minimum Gasteiger partial charge on any atom is -0.464 e. The maximum atomic E-state index is 12.9. The van der Waals surface area contributed by atoms with E-state index in [0.717, 1.165) is 122 Å². The van der Waals surface area contributed by atoms with Crippen molar-refractivity contribution >= 4 is 27.6 Å².